The second-order valence-corrected chi connectivity index (χ2v) is 6.35. The number of likely N-dealkylation sites (tertiary alicyclic amines) is 1. The van der Waals surface area contributed by atoms with Crippen molar-refractivity contribution < 1.29 is 9.32 Å². The van der Waals surface area contributed by atoms with Crippen LogP contribution < -0.4 is 0 Å². The largest absolute Gasteiger partial charge is 0.355 e. The van der Waals surface area contributed by atoms with Gasteiger partial charge in [-0.2, -0.15) is 0 Å². The lowest BCUT2D eigenvalue weighted by Crippen LogP contribution is -2.31. The number of nitrogens with zero attached hydrogens (tertiary/aromatic N) is 3. The second kappa shape index (κ2) is 6.51. The maximum absolute atomic E-state index is 13.2. The van der Waals surface area contributed by atoms with Gasteiger partial charge in [0.15, 0.2) is 5.76 Å². The van der Waals surface area contributed by atoms with E-state index in [2.05, 4.69) is 10.1 Å². The van der Waals surface area contributed by atoms with Crippen LogP contribution in [0.4, 0.5) is 0 Å². The molecule has 3 aromatic rings. The molecule has 1 fully saturated rings. The van der Waals surface area contributed by atoms with Gasteiger partial charge < -0.3 is 9.42 Å². The molecule has 3 heterocycles. The van der Waals surface area contributed by atoms with Crippen LogP contribution in [0, 0.1) is 6.92 Å². The number of aromatic nitrogens is 2. The maximum atomic E-state index is 13.2. The van der Waals surface area contributed by atoms with E-state index in [0.717, 1.165) is 36.2 Å². The fourth-order valence-electron chi connectivity index (χ4n) is 3.35. The lowest BCUT2D eigenvalue weighted by Gasteiger charge is -2.24. The molecular weight excluding hydrogens is 314 g/mol. The normalized spacial score (nSPS) is 17.0. The van der Waals surface area contributed by atoms with E-state index in [1.807, 2.05) is 54.3 Å². The lowest BCUT2D eigenvalue weighted by atomic mass is 10.1. The molecule has 4 rings (SSSR count). The Morgan fingerprint density at radius 3 is 2.80 bits per heavy atom. The Kier molecular flexibility index (Phi) is 4.06. The van der Waals surface area contributed by atoms with Crippen LogP contribution in [-0.2, 0) is 0 Å². The molecule has 0 saturated carbocycles. The number of hydrogen-bond acceptors (Lipinski definition) is 4. The van der Waals surface area contributed by atoms with E-state index in [1.165, 1.54) is 6.20 Å². The zero-order valence-corrected chi connectivity index (χ0v) is 14.1. The summed E-state index contributed by atoms with van der Waals surface area (Å²) in [6.45, 7) is 2.75. The Morgan fingerprint density at radius 1 is 1.20 bits per heavy atom. The average molecular weight is 333 g/mol. The fourth-order valence-corrected chi connectivity index (χ4v) is 3.35. The Bertz CT molecular complexity index is 871. The number of hydrogen-bond donors (Lipinski definition) is 0. The minimum atomic E-state index is -0.0509. The minimum absolute atomic E-state index is 0.00877. The van der Waals surface area contributed by atoms with Crippen LogP contribution in [0.2, 0.25) is 0 Å². The first-order valence-corrected chi connectivity index (χ1v) is 8.47. The first kappa shape index (κ1) is 15.6. The summed E-state index contributed by atoms with van der Waals surface area (Å²) in [5.74, 6) is 0.474. The molecule has 0 spiro atoms. The molecule has 1 aromatic carbocycles. The standard InChI is InChI=1S/C20H19N3O2/c1-14-7-9-15(10-8-14)19-16(13-22-25-19)20(24)23-12-4-6-18(23)17-5-2-3-11-21-17/h2-3,5,7-11,13,18H,4,6,12H2,1H3. The van der Waals surface area contributed by atoms with Gasteiger partial charge in [-0.05, 0) is 31.9 Å². The van der Waals surface area contributed by atoms with Crippen molar-refractivity contribution in [2.24, 2.45) is 0 Å². The summed E-state index contributed by atoms with van der Waals surface area (Å²) >= 11 is 0. The third-order valence-electron chi connectivity index (χ3n) is 4.66. The van der Waals surface area contributed by atoms with Gasteiger partial charge in [-0.15, -0.1) is 0 Å². The zero-order valence-electron chi connectivity index (χ0n) is 14.1. The van der Waals surface area contributed by atoms with E-state index in [0.29, 0.717) is 11.3 Å². The molecule has 0 radical (unpaired) electrons. The number of carbonyl (C=O) groups excluding carboxylic acids is 1. The summed E-state index contributed by atoms with van der Waals surface area (Å²) in [6.07, 6.45) is 5.19. The maximum Gasteiger partial charge on any atom is 0.260 e. The van der Waals surface area contributed by atoms with E-state index < -0.39 is 0 Å². The molecule has 1 aliphatic rings. The van der Waals surface area contributed by atoms with Crippen molar-refractivity contribution in [1.82, 2.24) is 15.0 Å². The highest BCUT2D eigenvalue weighted by atomic mass is 16.5. The molecule has 1 amide bonds. The zero-order chi connectivity index (χ0) is 17.2. The molecule has 0 bridgehead atoms. The number of carbonyl (C=O) groups is 1. The minimum Gasteiger partial charge on any atom is -0.355 e. The number of aryl methyl sites for hydroxylation is 1. The Hall–Kier alpha value is -2.95. The third-order valence-corrected chi connectivity index (χ3v) is 4.66. The summed E-state index contributed by atoms with van der Waals surface area (Å²) in [4.78, 5) is 19.5. The molecule has 1 aliphatic heterocycles. The van der Waals surface area contributed by atoms with Gasteiger partial charge in [0.1, 0.15) is 5.56 Å². The van der Waals surface area contributed by atoms with Crippen LogP contribution in [0.15, 0.2) is 59.4 Å². The molecule has 2 aromatic heterocycles. The third kappa shape index (κ3) is 2.93. The summed E-state index contributed by atoms with van der Waals surface area (Å²) in [5.41, 5.74) is 3.46. The highest BCUT2D eigenvalue weighted by Crippen LogP contribution is 2.34. The van der Waals surface area contributed by atoms with Gasteiger partial charge in [0.2, 0.25) is 0 Å². The summed E-state index contributed by atoms with van der Waals surface area (Å²) in [7, 11) is 0. The van der Waals surface area contributed by atoms with Crippen molar-refractivity contribution in [3.8, 4) is 11.3 Å². The molecule has 126 valence electrons. The van der Waals surface area contributed by atoms with Crippen molar-refractivity contribution in [2.75, 3.05) is 6.54 Å². The molecule has 0 aliphatic carbocycles. The van der Waals surface area contributed by atoms with Gasteiger partial charge in [-0.3, -0.25) is 9.78 Å². The second-order valence-electron chi connectivity index (χ2n) is 6.35. The predicted octanol–water partition coefficient (Wildman–Crippen LogP) is 4.02. The van der Waals surface area contributed by atoms with E-state index >= 15 is 0 Å². The first-order chi connectivity index (χ1) is 12.2. The van der Waals surface area contributed by atoms with Gasteiger partial charge in [0.05, 0.1) is 17.9 Å². The van der Waals surface area contributed by atoms with Crippen molar-refractivity contribution in [3.63, 3.8) is 0 Å². The molecule has 5 heteroatoms. The van der Waals surface area contributed by atoms with Crippen molar-refractivity contribution in [1.29, 1.82) is 0 Å². The molecule has 1 saturated heterocycles. The van der Waals surface area contributed by atoms with Crippen LogP contribution >= 0.6 is 0 Å². The molecule has 0 N–H and O–H groups in total. The summed E-state index contributed by atoms with van der Waals surface area (Å²) < 4.78 is 5.40. The van der Waals surface area contributed by atoms with Gasteiger partial charge in [0.25, 0.3) is 5.91 Å². The van der Waals surface area contributed by atoms with E-state index in [4.69, 9.17) is 4.52 Å². The molecular formula is C20H19N3O2. The van der Waals surface area contributed by atoms with E-state index in [9.17, 15) is 4.79 Å². The quantitative estimate of drug-likeness (QED) is 0.726. The predicted molar refractivity (Wildman–Crippen MR) is 93.9 cm³/mol. The van der Waals surface area contributed by atoms with Gasteiger partial charge in [0, 0.05) is 18.3 Å². The highest BCUT2D eigenvalue weighted by Gasteiger charge is 2.33. The van der Waals surface area contributed by atoms with Crippen LogP contribution in [0.25, 0.3) is 11.3 Å². The van der Waals surface area contributed by atoms with Crippen LogP contribution in [0.5, 0.6) is 0 Å². The van der Waals surface area contributed by atoms with Crippen molar-refractivity contribution in [2.45, 2.75) is 25.8 Å². The number of amides is 1. The van der Waals surface area contributed by atoms with Crippen molar-refractivity contribution in [3.05, 3.63) is 71.7 Å². The Balaban J connectivity index is 1.65. The Labute approximate surface area is 146 Å². The van der Waals surface area contributed by atoms with Crippen LogP contribution in [-0.4, -0.2) is 27.5 Å². The van der Waals surface area contributed by atoms with Crippen LogP contribution in [0.1, 0.15) is 40.5 Å². The molecule has 1 unspecified atom stereocenters. The number of benzene rings is 1. The van der Waals surface area contributed by atoms with Gasteiger partial charge in [-0.1, -0.05) is 41.1 Å². The topological polar surface area (TPSA) is 59.2 Å². The first-order valence-electron chi connectivity index (χ1n) is 8.47. The summed E-state index contributed by atoms with van der Waals surface area (Å²) in [5, 5.41) is 3.87. The van der Waals surface area contributed by atoms with Crippen molar-refractivity contribution >= 4 is 5.91 Å². The number of rotatable bonds is 3. The molecule has 1 atom stereocenters. The highest BCUT2D eigenvalue weighted by molar-refractivity contribution is 5.99. The Morgan fingerprint density at radius 2 is 2.04 bits per heavy atom. The molecule has 25 heavy (non-hydrogen) atoms. The van der Waals surface area contributed by atoms with Gasteiger partial charge in [-0.25, -0.2) is 0 Å². The average Bonchev–Trinajstić information content (AvgIpc) is 3.32. The smallest absolute Gasteiger partial charge is 0.260 e. The fraction of sp³-hybridized carbons (Fsp3) is 0.250. The summed E-state index contributed by atoms with van der Waals surface area (Å²) in [6, 6.07) is 13.7. The molecule has 5 nitrogen and oxygen atoms in total. The SMILES string of the molecule is Cc1ccc(-c2oncc2C(=O)N2CCCC2c2ccccn2)cc1. The van der Waals surface area contributed by atoms with Crippen LogP contribution in [0.3, 0.4) is 0 Å². The van der Waals surface area contributed by atoms with Gasteiger partial charge >= 0.3 is 0 Å². The monoisotopic (exact) mass is 333 g/mol. The van der Waals surface area contributed by atoms with E-state index in [-0.39, 0.29) is 11.9 Å². The van der Waals surface area contributed by atoms with E-state index in [1.54, 1.807) is 6.20 Å². The number of pyridine rings is 1. The lowest BCUT2D eigenvalue weighted by molar-refractivity contribution is 0.0733.